The summed E-state index contributed by atoms with van der Waals surface area (Å²) in [5, 5.41) is 0. The van der Waals surface area contributed by atoms with Crippen LogP contribution in [0.15, 0.2) is 18.2 Å². The monoisotopic (exact) mass is 302 g/mol. The van der Waals surface area contributed by atoms with Crippen LogP contribution in [0.3, 0.4) is 0 Å². The Kier molecular flexibility index (Phi) is 4.39. The van der Waals surface area contributed by atoms with Crippen LogP contribution in [-0.4, -0.2) is 55.0 Å². The summed E-state index contributed by atoms with van der Waals surface area (Å²) < 4.78 is 5.33. The quantitative estimate of drug-likeness (QED) is 0.860. The van der Waals surface area contributed by atoms with E-state index in [1.54, 1.807) is 7.11 Å². The molecule has 0 aromatic heterocycles. The van der Waals surface area contributed by atoms with E-state index >= 15 is 0 Å². The van der Waals surface area contributed by atoms with Gasteiger partial charge in [0, 0.05) is 37.8 Å². The minimum atomic E-state index is 0.133. The van der Waals surface area contributed by atoms with Gasteiger partial charge in [-0.15, -0.1) is 0 Å². The fraction of sp³-hybridized carbons (Fsp3) is 0.611. The van der Waals surface area contributed by atoms with E-state index < -0.39 is 0 Å². The van der Waals surface area contributed by atoms with Crippen molar-refractivity contribution in [2.24, 2.45) is 5.92 Å². The van der Waals surface area contributed by atoms with Gasteiger partial charge in [-0.05, 0) is 43.4 Å². The van der Waals surface area contributed by atoms with E-state index in [0.29, 0.717) is 6.04 Å². The molecule has 0 aliphatic carbocycles. The lowest BCUT2D eigenvalue weighted by molar-refractivity contribution is 0.0248. The fourth-order valence-electron chi connectivity index (χ4n) is 3.62. The van der Waals surface area contributed by atoms with Crippen LogP contribution in [0.1, 0.15) is 35.7 Å². The Bertz CT molecular complexity index is 544. The molecule has 0 unspecified atom stereocenters. The molecule has 4 heteroatoms. The van der Waals surface area contributed by atoms with Gasteiger partial charge in [-0.25, -0.2) is 0 Å². The van der Waals surface area contributed by atoms with Crippen molar-refractivity contribution < 1.29 is 9.53 Å². The Hall–Kier alpha value is -1.55. The lowest BCUT2D eigenvalue weighted by Gasteiger charge is -2.46. The second-order valence-electron chi connectivity index (χ2n) is 6.77. The molecule has 0 radical (unpaired) electrons. The van der Waals surface area contributed by atoms with Gasteiger partial charge in [0.1, 0.15) is 5.75 Å². The second kappa shape index (κ2) is 6.29. The molecule has 2 aliphatic heterocycles. The SMILES string of the molecule is COc1cc(C(=O)N2CCC(N3CC(C)C3)CC2)ccc1C. The summed E-state index contributed by atoms with van der Waals surface area (Å²) in [5.41, 5.74) is 1.79. The van der Waals surface area contributed by atoms with Crippen LogP contribution >= 0.6 is 0 Å². The molecule has 0 saturated carbocycles. The molecule has 2 fully saturated rings. The zero-order valence-corrected chi connectivity index (χ0v) is 13.8. The summed E-state index contributed by atoms with van der Waals surface area (Å²) >= 11 is 0. The van der Waals surface area contributed by atoms with Crippen LogP contribution in [0.4, 0.5) is 0 Å². The Morgan fingerprint density at radius 1 is 1.23 bits per heavy atom. The van der Waals surface area contributed by atoms with Gasteiger partial charge in [-0.3, -0.25) is 9.69 Å². The van der Waals surface area contributed by atoms with Crippen molar-refractivity contribution in [2.45, 2.75) is 32.7 Å². The first-order valence-corrected chi connectivity index (χ1v) is 8.26. The number of ether oxygens (including phenoxy) is 1. The van der Waals surface area contributed by atoms with Crippen LogP contribution in [0.5, 0.6) is 5.75 Å². The second-order valence-corrected chi connectivity index (χ2v) is 6.77. The summed E-state index contributed by atoms with van der Waals surface area (Å²) in [5.74, 6) is 1.77. The summed E-state index contributed by atoms with van der Waals surface area (Å²) in [4.78, 5) is 17.2. The summed E-state index contributed by atoms with van der Waals surface area (Å²) in [6.45, 7) is 8.49. The van der Waals surface area contributed by atoms with E-state index in [-0.39, 0.29) is 5.91 Å². The minimum absolute atomic E-state index is 0.133. The lowest BCUT2D eigenvalue weighted by Crippen LogP contribution is -2.54. The average Bonchev–Trinajstić information content (AvgIpc) is 2.52. The van der Waals surface area contributed by atoms with Crippen molar-refractivity contribution in [2.75, 3.05) is 33.3 Å². The Labute approximate surface area is 133 Å². The Morgan fingerprint density at radius 3 is 2.50 bits per heavy atom. The van der Waals surface area contributed by atoms with E-state index in [1.165, 1.54) is 13.1 Å². The molecule has 4 nitrogen and oxygen atoms in total. The van der Waals surface area contributed by atoms with E-state index in [1.807, 2.05) is 30.0 Å². The molecule has 1 aromatic carbocycles. The molecule has 0 N–H and O–H groups in total. The van der Waals surface area contributed by atoms with Crippen molar-refractivity contribution in [3.05, 3.63) is 29.3 Å². The Morgan fingerprint density at radius 2 is 1.91 bits per heavy atom. The highest BCUT2D eigenvalue weighted by Gasteiger charge is 2.32. The highest BCUT2D eigenvalue weighted by molar-refractivity contribution is 5.94. The van der Waals surface area contributed by atoms with Crippen LogP contribution in [-0.2, 0) is 0 Å². The number of nitrogens with zero attached hydrogens (tertiary/aromatic N) is 2. The molecule has 0 bridgehead atoms. The number of carbonyl (C=O) groups excluding carboxylic acids is 1. The number of hydrogen-bond donors (Lipinski definition) is 0. The molecular weight excluding hydrogens is 276 g/mol. The fourth-order valence-corrected chi connectivity index (χ4v) is 3.62. The predicted molar refractivity (Wildman–Crippen MR) is 87.4 cm³/mol. The van der Waals surface area contributed by atoms with Crippen LogP contribution in [0.2, 0.25) is 0 Å². The lowest BCUT2D eigenvalue weighted by atomic mass is 9.94. The molecule has 2 aliphatic rings. The minimum Gasteiger partial charge on any atom is -0.496 e. The first-order chi connectivity index (χ1) is 10.6. The Balaban J connectivity index is 1.60. The van der Waals surface area contributed by atoms with Gasteiger partial charge in [0.15, 0.2) is 0 Å². The highest BCUT2D eigenvalue weighted by atomic mass is 16.5. The number of amides is 1. The third-order valence-electron chi connectivity index (χ3n) is 5.02. The number of hydrogen-bond acceptors (Lipinski definition) is 3. The standard InChI is InChI=1S/C18H26N2O2/c1-13-11-20(12-13)16-6-8-19(9-7-16)18(21)15-5-4-14(2)17(10-15)22-3/h4-5,10,13,16H,6-9,11-12H2,1-3H3. The predicted octanol–water partition coefficient (Wildman–Crippen LogP) is 2.56. The number of likely N-dealkylation sites (tertiary alicyclic amines) is 2. The van der Waals surface area contributed by atoms with Gasteiger partial charge >= 0.3 is 0 Å². The molecular formula is C18H26N2O2. The number of aryl methyl sites for hydroxylation is 1. The van der Waals surface area contributed by atoms with Gasteiger partial charge in [0.25, 0.3) is 5.91 Å². The van der Waals surface area contributed by atoms with Crippen molar-refractivity contribution in [3.63, 3.8) is 0 Å². The van der Waals surface area contributed by atoms with Crippen molar-refractivity contribution in [1.29, 1.82) is 0 Å². The largest absolute Gasteiger partial charge is 0.496 e. The van der Waals surface area contributed by atoms with Crippen molar-refractivity contribution in [1.82, 2.24) is 9.80 Å². The third kappa shape index (κ3) is 2.98. The average molecular weight is 302 g/mol. The third-order valence-corrected chi connectivity index (χ3v) is 5.02. The first-order valence-electron chi connectivity index (χ1n) is 8.26. The zero-order valence-electron chi connectivity index (χ0n) is 13.8. The summed E-state index contributed by atoms with van der Waals surface area (Å²) in [6.07, 6.45) is 2.20. The van der Waals surface area contributed by atoms with E-state index in [0.717, 1.165) is 48.7 Å². The first kappa shape index (κ1) is 15.3. The summed E-state index contributed by atoms with van der Waals surface area (Å²) in [7, 11) is 1.65. The maximum Gasteiger partial charge on any atom is 0.253 e. The molecule has 2 heterocycles. The normalized spacial score (nSPS) is 20.8. The summed E-state index contributed by atoms with van der Waals surface area (Å²) in [6, 6.07) is 6.40. The molecule has 1 aromatic rings. The van der Waals surface area contributed by atoms with Gasteiger partial charge in [0.05, 0.1) is 7.11 Å². The van der Waals surface area contributed by atoms with E-state index in [4.69, 9.17) is 4.74 Å². The van der Waals surface area contributed by atoms with Crippen LogP contribution in [0, 0.1) is 12.8 Å². The zero-order chi connectivity index (χ0) is 15.7. The van der Waals surface area contributed by atoms with Gasteiger partial charge < -0.3 is 9.64 Å². The highest BCUT2D eigenvalue weighted by Crippen LogP contribution is 2.26. The van der Waals surface area contributed by atoms with E-state index in [2.05, 4.69) is 11.8 Å². The van der Waals surface area contributed by atoms with Crippen LogP contribution < -0.4 is 4.74 Å². The topological polar surface area (TPSA) is 32.8 Å². The maximum absolute atomic E-state index is 12.6. The van der Waals surface area contributed by atoms with Crippen LogP contribution in [0.25, 0.3) is 0 Å². The van der Waals surface area contributed by atoms with Gasteiger partial charge in [0.2, 0.25) is 0 Å². The molecule has 22 heavy (non-hydrogen) atoms. The number of benzene rings is 1. The maximum atomic E-state index is 12.6. The molecule has 0 spiro atoms. The molecule has 1 amide bonds. The van der Waals surface area contributed by atoms with Crippen molar-refractivity contribution in [3.8, 4) is 5.75 Å². The van der Waals surface area contributed by atoms with E-state index in [9.17, 15) is 4.79 Å². The number of piperidine rings is 1. The number of rotatable bonds is 3. The molecule has 0 atom stereocenters. The molecule has 120 valence electrons. The number of carbonyl (C=O) groups is 1. The number of methoxy groups -OCH3 is 1. The molecule has 2 saturated heterocycles. The molecule has 3 rings (SSSR count). The van der Waals surface area contributed by atoms with Gasteiger partial charge in [-0.1, -0.05) is 13.0 Å². The smallest absolute Gasteiger partial charge is 0.253 e. The van der Waals surface area contributed by atoms with Gasteiger partial charge in [-0.2, -0.15) is 0 Å². The van der Waals surface area contributed by atoms with Crippen molar-refractivity contribution >= 4 is 5.91 Å².